The van der Waals surface area contributed by atoms with Gasteiger partial charge in [-0.15, -0.1) is 0 Å². The summed E-state index contributed by atoms with van der Waals surface area (Å²) in [5.41, 5.74) is 0.528. The Morgan fingerprint density at radius 1 is 1.37 bits per heavy atom. The number of hydrogen-bond acceptors (Lipinski definition) is 4. The van der Waals surface area contributed by atoms with E-state index in [0.717, 1.165) is 12.8 Å². The third-order valence-electron chi connectivity index (χ3n) is 5.24. The number of esters is 2. The molecule has 2 saturated heterocycles. The van der Waals surface area contributed by atoms with E-state index in [-0.39, 0.29) is 29.4 Å². The van der Waals surface area contributed by atoms with Crippen molar-refractivity contribution in [2.75, 3.05) is 6.61 Å². The highest BCUT2D eigenvalue weighted by atomic mass is 16.6. The van der Waals surface area contributed by atoms with Gasteiger partial charge in [0.25, 0.3) is 0 Å². The summed E-state index contributed by atoms with van der Waals surface area (Å²) in [5.74, 6) is 0.397. The number of ether oxygens (including phenoxy) is 2. The summed E-state index contributed by atoms with van der Waals surface area (Å²) >= 11 is 0. The van der Waals surface area contributed by atoms with Crippen molar-refractivity contribution in [3.63, 3.8) is 0 Å². The smallest absolute Gasteiger partial charge is 0.334 e. The molecule has 104 valence electrons. The third kappa shape index (κ3) is 1.88. The number of fused-ring (bicyclic) bond motifs is 2. The van der Waals surface area contributed by atoms with Gasteiger partial charge in [0.2, 0.25) is 0 Å². The SMILES string of the molecule is C=C1C(=O)O[C@@H]2C[C@@H](C)[C@@H]3CC(=O)OC[C@@]3(C)C[C@H]12. The molecule has 0 aromatic heterocycles. The quantitative estimate of drug-likeness (QED) is 0.496. The molecule has 0 radical (unpaired) electrons. The molecule has 2 aliphatic heterocycles. The Kier molecular flexibility index (Phi) is 2.73. The fourth-order valence-corrected chi connectivity index (χ4v) is 4.11. The van der Waals surface area contributed by atoms with Crippen LogP contribution >= 0.6 is 0 Å². The summed E-state index contributed by atoms with van der Waals surface area (Å²) in [6.45, 7) is 8.65. The zero-order chi connectivity index (χ0) is 13.8. The van der Waals surface area contributed by atoms with Crippen molar-refractivity contribution in [1.82, 2.24) is 0 Å². The fraction of sp³-hybridized carbons (Fsp3) is 0.733. The summed E-state index contributed by atoms with van der Waals surface area (Å²) in [5, 5.41) is 0. The van der Waals surface area contributed by atoms with Crippen LogP contribution in [0.2, 0.25) is 0 Å². The number of carbonyl (C=O) groups is 2. The van der Waals surface area contributed by atoms with Crippen molar-refractivity contribution in [3.8, 4) is 0 Å². The standard InChI is InChI=1S/C15H20O4/c1-8-4-12-10(9(2)14(17)19-12)6-15(3)7-18-13(16)5-11(8)15/h8,10-12H,2,4-7H2,1,3H3/t8-,10-,11+,12-,15-/m1/s1. The maximum atomic E-state index is 11.7. The Morgan fingerprint density at radius 2 is 2.11 bits per heavy atom. The number of rotatable bonds is 0. The van der Waals surface area contributed by atoms with E-state index in [0.29, 0.717) is 30.4 Å². The van der Waals surface area contributed by atoms with Crippen LogP contribution in [0.3, 0.4) is 0 Å². The molecular weight excluding hydrogens is 244 g/mol. The Balaban J connectivity index is 1.93. The van der Waals surface area contributed by atoms with Crippen molar-refractivity contribution in [1.29, 1.82) is 0 Å². The van der Waals surface area contributed by atoms with Crippen molar-refractivity contribution >= 4 is 11.9 Å². The van der Waals surface area contributed by atoms with Crippen LogP contribution in [0, 0.1) is 23.2 Å². The first-order chi connectivity index (χ1) is 8.90. The van der Waals surface area contributed by atoms with Crippen molar-refractivity contribution < 1.29 is 19.1 Å². The second kappa shape index (κ2) is 4.09. The van der Waals surface area contributed by atoms with Gasteiger partial charge in [-0.2, -0.15) is 0 Å². The molecule has 4 nitrogen and oxygen atoms in total. The maximum Gasteiger partial charge on any atom is 0.334 e. The zero-order valence-electron chi connectivity index (χ0n) is 11.5. The summed E-state index contributed by atoms with van der Waals surface area (Å²) < 4.78 is 10.7. The molecule has 0 N–H and O–H groups in total. The molecule has 1 aliphatic carbocycles. The minimum absolute atomic E-state index is 0.0625. The number of cyclic esters (lactones) is 1. The molecule has 3 fully saturated rings. The third-order valence-corrected chi connectivity index (χ3v) is 5.24. The minimum atomic E-state index is -0.253. The van der Waals surface area contributed by atoms with Gasteiger partial charge in [0.15, 0.2) is 0 Å². The van der Waals surface area contributed by atoms with Crippen LogP contribution in [-0.4, -0.2) is 24.6 Å². The predicted octanol–water partition coefficient (Wildman–Crippen LogP) is 2.08. The largest absolute Gasteiger partial charge is 0.465 e. The maximum absolute atomic E-state index is 11.7. The van der Waals surface area contributed by atoms with Gasteiger partial charge < -0.3 is 9.47 Å². The van der Waals surface area contributed by atoms with E-state index >= 15 is 0 Å². The van der Waals surface area contributed by atoms with E-state index in [1.807, 2.05) is 0 Å². The fourth-order valence-electron chi connectivity index (χ4n) is 4.11. The molecule has 4 heteroatoms. The van der Waals surface area contributed by atoms with Gasteiger partial charge in [-0.1, -0.05) is 20.4 Å². The highest BCUT2D eigenvalue weighted by Crippen LogP contribution is 2.52. The molecule has 1 saturated carbocycles. The lowest BCUT2D eigenvalue weighted by molar-refractivity contribution is -0.162. The van der Waals surface area contributed by atoms with Gasteiger partial charge in [0, 0.05) is 23.3 Å². The molecule has 0 unspecified atom stereocenters. The predicted molar refractivity (Wildman–Crippen MR) is 68.1 cm³/mol. The van der Waals surface area contributed by atoms with Crippen LogP contribution in [0.1, 0.15) is 33.1 Å². The summed E-state index contributed by atoms with van der Waals surface area (Å²) in [7, 11) is 0. The normalized spacial score (nSPS) is 45.9. The molecule has 0 aromatic carbocycles. The van der Waals surface area contributed by atoms with Crippen LogP contribution in [0.4, 0.5) is 0 Å². The Morgan fingerprint density at radius 3 is 2.84 bits per heavy atom. The van der Waals surface area contributed by atoms with Gasteiger partial charge in [0.05, 0.1) is 6.61 Å². The molecular formula is C15H20O4. The van der Waals surface area contributed by atoms with Gasteiger partial charge in [0.1, 0.15) is 6.10 Å². The number of hydrogen-bond donors (Lipinski definition) is 0. The lowest BCUT2D eigenvalue weighted by atomic mass is 9.66. The Bertz CT molecular complexity index is 455. The first-order valence-electron chi connectivity index (χ1n) is 6.96. The monoisotopic (exact) mass is 264 g/mol. The Labute approximate surface area is 113 Å². The topological polar surface area (TPSA) is 52.6 Å². The molecule has 0 aromatic rings. The molecule has 0 amide bonds. The van der Waals surface area contributed by atoms with E-state index < -0.39 is 0 Å². The molecule has 3 aliphatic rings. The van der Waals surface area contributed by atoms with Crippen LogP contribution in [0.25, 0.3) is 0 Å². The van der Waals surface area contributed by atoms with E-state index in [4.69, 9.17) is 9.47 Å². The van der Waals surface area contributed by atoms with Gasteiger partial charge >= 0.3 is 11.9 Å². The van der Waals surface area contributed by atoms with E-state index in [2.05, 4.69) is 20.4 Å². The molecule has 0 spiro atoms. The molecule has 3 rings (SSSR count). The average molecular weight is 264 g/mol. The second-order valence-corrected chi connectivity index (χ2v) is 6.62. The van der Waals surface area contributed by atoms with Crippen LogP contribution in [0.15, 0.2) is 12.2 Å². The highest BCUT2D eigenvalue weighted by Gasteiger charge is 2.52. The van der Waals surface area contributed by atoms with E-state index in [1.165, 1.54) is 0 Å². The average Bonchev–Trinajstić information content (AvgIpc) is 2.54. The summed E-state index contributed by atoms with van der Waals surface area (Å²) in [4.78, 5) is 23.2. The number of carbonyl (C=O) groups excluding carboxylic acids is 2. The highest BCUT2D eigenvalue weighted by molar-refractivity contribution is 5.90. The van der Waals surface area contributed by atoms with Gasteiger partial charge in [-0.25, -0.2) is 4.79 Å². The summed E-state index contributed by atoms with van der Waals surface area (Å²) in [6, 6.07) is 0. The van der Waals surface area contributed by atoms with E-state index in [9.17, 15) is 9.59 Å². The zero-order valence-corrected chi connectivity index (χ0v) is 11.5. The minimum Gasteiger partial charge on any atom is -0.465 e. The van der Waals surface area contributed by atoms with E-state index in [1.54, 1.807) is 0 Å². The van der Waals surface area contributed by atoms with Crippen molar-refractivity contribution in [2.45, 2.75) is 39.2 Å². The Hall–Kier alpha value is -1.32. The lowest BCUT2D eigenvalue weighted by Crippen LogP contribution is -2.42. The molecule has 5 atom stereocenters. The first-order valence-corrected chi connectivity index (χ1v) is 6.96. The lowest BCUT2D eigenvalue weighted by Gasteiger charge is -2.42. The van der Waals surface area contributed by atoms with Gasteiger partial charge in [-0.3, -0.25) is 4.79 Å². The molecule has 0 bridgehead atoms. The van der Waals surface area contributed by atoms with Gasteiger partial charge in [-0.05, 0) is 24.7 Å². The first kappa shape index (κ1) is 12.7. The van der Waals surface area contributed by atoms with Crippen molar-refractivity contribution in [3.05, 3.63) is 12.2 Å². The summed E-state index contributed by atoms with van der Waals surface area (Å²) in [6.07, 6.45) is 2.07. The van der Waals surface area contributed by atoms with Crippen LogP contribution < -0.4 is 0 Å². The van der Waals surface area contributed by atoms with Crippen molar-refractivity contribution in [2.24, 2.45) is 23.2 Å². The van der Waals surface area contributed by atoms with Crippen LogP contribution in [-0.2, 0) is 19.1 Å². The molecule has 2 heterocycles. The molecule has 19 heavy (non-hydrogen) atoms. The van der Waals surface area contributed by atoms with Crippen LogP contribution in [0.5, 0.6) is 0 Å². The second-order valence-electron chi connectivity index (χ2n) is 6.62.